The van der Waals surface area contributed by atoms with E-state index in [4.69, 9.17) is 0 Å². The van der Waals surface area contributed by atoms with E-state index >= 15 is 0 Å². The lowest BCUT2D eigenvalue weighted by Crippen LogP contribution is -1.97. The quantitative estimate of drug-likeness (QED) is 0.626. The Morgan fingerprint density at radius 3 is 2.56 bits per heavy atom. The van der Waals surface area contributed by atoms with Crippen molar-refractivity contribution in [3.63, 3.8) is 0 Å². The summed E-state index contributed by atoms with van der Waals surface area (Å²) in [7, 11) is 0. The molecule has 1 rings (SSSR count). The first kappa shape index (κ1) is 13.3. The number of aryl methyl sites for hydroxylation is 3. The zero-order chi connectivity index (χ0) is 12.0. The van der Waals surface area contributed by atoms with Crippen LogP contribution in [0.1, 0.15) is 56.2 Å². The molecular formula is C16H26. The Morgan fingerprint density at radius 1 is 1.12 bits per heavy atom. The Hall–Kier alpha value is -0.780. The Morgan fingerprint density at radius 2 is 1.88 bits per heavy atom. The van der Waals surface area contributed by atoms with Crippen LogP contribution in [0.25, 0.3) is 0 Å². The molecule has 0 aliphatic carbocycles. The largest absolute Gasteiger partial charge is 0.0654 e. The van der Waals surface area contributed by atoms with Crippen LogP contribution < -0.4 is 0 Å². The zero-order valence-electron chi connectivity index (χ0n) is 11.3. The summed E-state index contributed by atoms with van der Waals surface area (Å²) in [6, 6.07) is 6.80. The predicted octanol–water partition coefficient (Wildman–Crippen LogP) is 5.06. The van der Waals surface area contributed by atoms with E-state index in [-0.39, 0.29) is 0 Å². The van der Waals surface area contributed by atoms with E-state index in [0.717, 1.165) is 5.92 Å². The second-order valence-corrected chi connectivity index (χ2v) is 5.22. The van der Waals surface area contributed by atoms with Gasteiger partial charge in [-0.05, 0) is 43.7 Å². The summed E-state index contributed by atoms with van der Waals surface area (Å²) in [6.07, 6.45) is 6.67. The van der Waals surface area contributed by atoms with E-state index in [1.54, 1.807) is 5.56 Å². The highest BCUT2D eigenvalue weighted by atomic mass is 14.1. The fraction of sp³-hybridized carbons (Fsp3) is 0.625. The van der Waals surface area contributed by atoms with E-state index in [2.05, 4.69) is 45.9 Å². The van der Waals surface area contributed by atoms with E-state index in [0.29, 0.717) is 0 Å². The molecule has 0 spiro atoms. The zero-order valence-corrected chi connectivity index (χ0v) is 11.3. The van der Waals surface area contributed by atoms with Crippen molar-refractivity contribution in [1.82, 2.24) is 0 Å². The number of hydrogen-bond donors (Lipinski definition) is 0. The summed E-state index contributed by atoms with van der Waals surface area (Å²) < 4.78 is 0. The lowest BCUT2D eigenvalue weighted by molar-refractivity contribution is 0.469. The van der Waals surface area contributed by atoms with Crippen LogP contribution >= 0.6 is 0 Å². The molecule has 0 radical (unpaired) electrons. The van der Waals surface area contributed by atoms with E-state index in [1.807, 2.05) is 0 Å². The van der Waals surface area contributed by atoms with Crippen LogP contribution in [0.15, 0.2) is 18.2 Å². The van der Waals surface area contributed by atoms with Gasteiger partial charge in [0.1, 0.15) is 0 Å². The van der Waals surface area contributed by atoms with Gasteiger partial charge in [0.2, 0.25) is 0 Å². The minimum atomic E-state index is 0.898. The second kappa shape index (κ2) is 6.73. The van der Waals surface area contributed by atoms with Crippen LogP contribution in [0, 0.1) is 19.8 Å². The molecule has 0 saturated carbocycles. The monoisotopic (exact) mass is 218 g/mol. The van der Waals surface area contributed by atoms with Crippen molar-refractivity contribution < 1.29 is 0 Å². The SMILES string of the molecule is CCCC(C)CCCc1cc(C)ccc1C. The Balaban J connectivity index is 2.39. The highest BCUT2D eigenvalue weighted by Gasteiger charge is 2.02. The first-order valence-electron chi connectivity index (χ1n) is 6.69. The molecule has 0 saturated heterocycles. The molecule has 0 aromatic heterocycles. The van der Waals surface area contributed by atoms with Gasteiger partial charge >= 0.3 is 0 Å². The second-order valence-electron chi connectivity index (χ2n) is 5.22. The molecule has 0 heterocycles. The molecule has 0 bridgehead atoms. The molecule has 0 heteroatoms. The van der Waals surface area contributed by atoms with Gasteiger partial charge in [-0.15, -0.1) is 0 Å². The smallest absolute Gasteiger partial charge is 0.0276 e. The molecule has 1 aromatic carbocycles. The van der Waals surface area contributed by atoms with E-state index in [1.165, 1.54) is 43.2 Å². The van der Waals surface area contributed by atoms with Crippen LogP contribution in [0.2, 0.25) is 0 Å². The first-order valence-corrected chi connectivity index (χ1v) is 6.69. The van der Waals surface area contributed by atoms with Crippen LogP contribution in [-0.2, 0) is 6.42 Å². The Labute approximate surface area is 101 Å². The molecule has 1 atom stereocenters. The van der Waals surface area contributed by atoms with Crippen LogP contribution in [-0.4, -0.2) is 0 Å². The summed E-state index contributed by atoms with van der Waals surface area (Å²) in [6.45, 7) is 9.07. The van der Waals surface area contributed by atoms with Crippen molar-refractivity contribution in [2.75, 3.05) is 0 Å². The molecule has 1 unspecified atom stereocenters. The molecule has 0 N–H and O–H groups in total. The van der Waals surface area contributed by atoms with Gasteiger partial charge < -0.3 is 0 Å². The van der Waals surface area contributed by atoms with Gasteiger partial charge in [-0.25, -0.2) is 0 Å². The molecule has 90 valence electrons. The molecule has 0 fully saturated rings. The summed E-state index contributed by atoms with van der Waals surface area (Å²) in [5, 5.41) is 0. The highest BCUT2D eigenvalue weighted by Crippen LogP contribution is 2.17. The maximum Gasteiger partial charge on any atom is -0.0276 e. The van der Waals surface area contributed by atoms with Gasteiger partial charge in [0.05, 0.1) is 0 Å². The van der Waals surface area contributed by atoms with Crippen molar-refractivity contribution in [3.8, 4) is 0 Å². The highest BCUT2D eigenvalue weighted by molar-refractivity contribution is 5.30. The molecule has 0 nitrogen and oxygen atoms in total. The van der Waals surface area contributed by atoms with Crippen molar-refractivity contribution >= 4 is 0 Å². The summed E-state index contributed by atoms with van der Waals surface area (Å²) in [5.41, 5.74) is 4.39. The molecule has 0 aliphatic rings. The maximum atomic E-state index is 2.38. The van der Waals surface area contributed by atoms with Gasteiger partial charge in [0.15, 0.2) is 0 Å². The average Bonchev–Trinajstić information content (AvgIpc) is 2.23. The van der Waals surface area contributed by atoms with Gasteiger partial charge in [0.25, 0.3) is 0 Å². The number of hydrogen-bond acceptors (Lipinski definition) is 0. The third kappa shape index (κ3) is 4.38. The van der Waals surface area contributed by atoms with Gasteiger partial charge in [-0.1, -0.05) is 56.9 Å². The van der Waals surface area contributed by atoms with E-state index in [9.17, 15) is 0 Å². The van der Waals surface area contributed by atoms with Crippen LogP contribution in [0.5, 0.6) is 0 Å². The van der Waals surface area contributed by atoms with Crippen molar-refractivity contribution in [2.24, 2.45) is 5.92 Å². The van der Waals surface area contributed by atoms with Gasteiger partial charge in [0, 0.05) is 0 Å². The molecule has 16 heavy (non-hydrogen) atoms. The van der Waals surface area contributed by atoms with Crippen LogP contribution in [0.3, 0.4) is 0 Å². The minimum absolute atomic E-state index is 0.898. The number of rotatable bonds is 6. The van der Waals surface area contributed by atoms with Gasteiger partial charge in [-0.2, -0.15) is 0 Å². The maximum absolute atomic E-state index is 2.38. The lowest BCUT2D eigenvalue weighted by atomic mass is 9.95. The topological polar surface area (TPSA) is 0 Å². The molecule has 1 aromatic rings. The molecule has 0 amide bonds. The normalized spacial score (nSPS) is 12.8. The summed E-state index contributed by atoms with van der Waals surface area (Å²) in [5.74, 6) is 0.898. The predicted molar refractivity (Wildman–Crippen MR) is 72.9 cm³/mol. The summed E-state index contributed by atoms with van der Waals surface area (Å²) in [4.78, 5) is 0. The van der Waals surface area contributed by atoms with Crippen molar-refractivity contribution in [1.29, 1.82) is 0 Å². The molecule has 0 aliphatic heterocycles. The Bertz CT molecular complexity index is 312. The standard InChI is InChI=1S/C16H26/c1-5-7-13(2)8-6-9-16-12-14(3)10-11-15(16)4/h10-13H,5-9H2,1-4H3. The molecular weight excluding hydrogens is 192 g/mol. The summed E-state index contributed by atoms with van der Waals surface area (Å²) >= 11 is 0. The third-order valence-electron chi connectivity index (χ3n) is 3.43. The first-order chi connectivity index (χ1) is 7.63. The Kier molecular flexibility index (Phi) is 5.59. The lowest BCUT2D eigenvalue weighted by Gasteiger charge is -2.11. The van der Waals surface area contributed by atoms with E-state index < -0.39 is 0 Å². The van der Waals surface area contributed by atoms with Crippen LogP contribution in [0.4, 0.5) is 0 Å². The number of benzene rings is 1. The third-order valence-corrected chi connectivity index (χ3v) is 3.43. The van der Waals surface area contributed by atoms with Crippen molar-refractivity contribution in [2.45, 2.75) is 59.8 Å². The fourth-order valence-electron chi connectivity index (χ4n) is 2.35. The minimum Gasteiger partial charge on any atom is -0.0654 e. The van der Waals surface area contributed by atoms with Gasteiger partial charge in [-0.3, -0.25) is 0 Å². The van der Waals surface area contributed by atoms with Crippen molar-refractivity contribution in [3.05, 3.63) is 34.9 Å². The average molecular weight is 218 g/mol. The fourth-order valence-corrected chi connectivity index (χ4v) is 2.35.